The van der Waals surface area contributed by atoms with E-state index in [4.69, 9.17) is 26.4 Å². The fourth-order valence-electron chi connectivity index (χ4n) is 4.13. The number of anilines is 1. The van der Waals surface area contributed by atoms with Crippen LogP contribution in [0.1, 0.15) is 22.8 Å². The Kier molecular flexibility index (Phi) is 7.81. The highest BCUT2D eigenvalue weighted by atomic mass is 32.1. The molecule has 0 bridgehead atoms. The van der Waals surface area contributed by atoms with Gasteiger partial charge in [0.25, 0.3) is 0 Å². The normalized spacial score (nSPS) is 13.5. The van der Waals surface area contributed by atoms with Crippen molar-refractivity contribution in [2.24, 2.45) is 0 Å². The molecule has 1 saturated heterocycles. The van der Waals surface area contributed by atoms with Crippen molar-refractivity contribution < 1.29 is 19.0 Å². The molecule has 184 valence electrons. The van der Waals surface area contributed by atoms with Gasteiger partial charge in [-0.25, -0.2) is 4.79 Å². The Hall–Kier alpha value is -3.66. The Bertz CT molecular complexity index is 1200. The number of rotatable bonds is 7. The van der Waals surface area contributed by atoms with E-state index < -0.39 is 5.97 Å². The van der Waals surface area contributed by atoms with Crippen molar-refractivity contribution in [3.05, 3.63) is 54.0 Å². The second-order valence-electron chi connectivity index (χ2n) is 7.96. The number of pyridine rings is 2. The molecule has 35 heavy (non-hydrogen) atoms. The minimum Gasteiger partial charge on any atom is -0.493 e. The summed E-state index contributed by atoms with van der Waals surface area (Å²) >= 11 is 5.63. The van der Waals surface area contributed by atoms with E-state index in [0.29, 0.717) is 60.4 Å². The standard InChI is InChI=1S/C25H29N5O4S/c1-4-34-24(31)19-16-27-20-13-22(33-3)21(32-2)12-18(20)23(19)29-8-10-30(11-9-29)25(35)28-15-17-6-5-7-26-14-17/h5-7,12-14,16H,4,8-11,15H2,1-3H3,(H,28,35). The van der Waals surface area contributed by atoms with Gasteiger partial charge in [-0.1, -0.05) is 6.07 Å². The summed E-state index contributed by atoms with van der Waals surface area (Å²) in [5.41, 5.74) is 2.99. The molecule has 0 amide bonds. The summed E-state index contributed by atoms with van der Waals surface area (Å²) in [7, 11) is 3.17. The van der Waals surface area contributed by atoms with E-state index in [-0.39, 0.29) is 6.61 Å². The van der Waals surface area contributed by atoms with Crippen molar-refractivity contribution in [1.82, 2.24) is 20.2 Å². The lowest BCUT2D eigenvalue weighted by atomic mass is 10.1. The number of carbonyl (C=O) groups excluding carboxylic acids is 1. The van der Waals surface area contributed by atoms with Crippen LogP contribution in [-0.2, 0) is 11.3 Å². The molecule has 1 aliphatic heterocycles. The number of nitrogens with zero attached hydrogens (tertiary/aromatic N) is 4. The SMILES string of the molecule is CCOC(=O)c1cnc2cc(OC)c(OC)cc2c1N1CCN(C(=S)NCc2cccnc2)CC1. The van der Waals surface area contributed by atoms with Gasteiger partial charge < -0.3 is 29.3 Å². The van der Waals surface area contributed by atoms with Crippen molar-refractivity contribution in [1.29, 1.82) is 0 Å². The zero-order valence-corrected chi connectivity index (χ0v) is 20.9. The van der Waals surface area contributed by atoms with Crippen LogP contribution in [-0.4, -0.2) is 73.0 Å². The summed E-state index contributed by atoms with van der Waals surface area (Å²) in [6, 6.07) is 7.60. The monoisotopic (exact) mass is 495 g/mol. The molecule has 0 saturated carbocycles. The predicted molar refractivity (Wildman–Crippen MR) is 138 cm³/mol. The quantitative estimate of drug-likeness (QED) is 0.390. The number of carbonyl (C=O) groups is 1. The fraction of sp³-hybridized carbons (Fsp3) is 0.360. The van der Waals surface area contributed by atoms with Crippen molar-refractivity contribution in [2.75, 3.05) is 51.9 Å². The Balaban J connectivity index is 1.58. The summed E-state index contributed by atoms with van der Waals surface area (Å²) in [4.78, 5) is 25.8. The van der Waals surface area contributed by atoms with Crippen LogP contribution in [0, 0.1) is 0 Å². The van der Waals surface area contributed by atoms with Gasteiger partial charge in [0.1, 0.15) is 5.56 Å². The lowest BCUT2D eigenvalue weighted by Gasteiger charge is -2.38. The molecule has 0 atom stereocenters. The van der Waals surface area contributed by atoms with E-state index in [1.54, 1.807) is 33.5 Å². The fourth-order valence-corrected chi connectivity index (χ4v) is 4.38. The molecule has 2 aromatic heterocycles. The van der Waals surface area contributed by atoms with E-state index in [9.17, 15) is 4.79 Å². The van der Waals surface area contributed by atoms with E-state index >= 15 is 0 Å². The molecule has 1 fully saturated rings. The molecule has 0 aliphatic carbocycles. The average molecular weight is 496 g/mol. The minimum atomic E-state index is -0.400. The Morgan fingerprint density at radius 1 is 1.11 bits per heavy atom. The van der Waals surface area contributed by atoms with Crippen molar-refractivity contribution in [3.63, 3.8) is 0 Å². The third kappa shape index (κ3) is 5.37. The zero-order valence-electron chi connectivity index (χ0n) is 20.1. The number of thiocarbonyl (C=S) groups is 1. The Labute approximate surface area is 210 Å². The number of hydrogen-bond donors (Lipinski definition) is 1. The van der Waals surface area contributed by atoms with Crippen LogP contribution in [0.4, 0.5) is 5.69 Å². The summed E-state index contributed by atoms with van der Waals surface area (Å²) in [5, 5.41) is 4.82. The first-order valence-electron chi connectivity index (χ1n) is 11.4. The number of hydrogen-bond acceptors (Lipinski definition) is 8. The van der Waals surface area contributed by atoms with Gasteiger partial charge in [0, 0.05) is 62.8 Å². The van der Waals surface area contributed by atoms with Gasteiger partial charge in [-0.15, -0.1) is 0 Å². The van der Waals surface area contributed by atoms with E-state index in [1.165, 1.54) is 0 Å². The molecule has 1 aliphatic rings. The molecule has 1 aromatic carbocycles. The molecule has 0 spiro atoms. The third-order valence-corrected chi connectivity index (χ3v) is 6.29. The first kappa shape index (κ1) is 24.5. The highest BCUT2D eigenvalue weighted by molar-refractivity contribution is 7.80. The molecule has 0 radical (unpaired) electrons. The smallest absolute Gasteiger partial charge is 0.341 e. The van der Waals surface area contributed by atoms with Crippen LogP contribution in [0.3, 0.4) is 0 Å². The molecule has 1 N–H and O–H groups in total. The molecule has 9 nitrogen and oxygen atoms in total. The first-order chi connectivity index (χ1) is 17.0. The highest BCUT2D eigenvalue weighted by Crippen LogP contribution is 2.38. The van der Waals surface area contributed by atoms with Gasteiger partial charge in [-0.05, 0) is 36.8 Å². The number of nitrogens with one attached hydrogen (secondary N) is 1. The van der Waals surface area contributed by atoms with E-state index in [0.717, 1.165) is 16.6 Å². The largest absolute Gasteiger partial charge is 0.493 e. The molecule has 3 heterocycles. The van der Waals surface area contributed by atoms with Gasteiger partial charge in [0.2, 0.25) is 0 Å². The maximum atomic E-state index is 12.8. The molecule has 0 unspecified atom stereocenters. The molecule has 3 aromatic rings. The second-order valence-corrected chi connectivity index (χ2v) is 8.35. The average Bonchev–Trinajstić information content (AvgIpc) is 2.91. The summed E-state index contributed by atoms with van der Waals surface area (Å²) in [6.07, 6.45) is 5.15. The van der Waals surface area contributed by atoms with Crippen LogP contribution in [0.5, 0.6) is 11.5 Å². The van der Waals surface area contributed by atoms with Gasteiger partial charge in [0.15, 0.2) is 16.6 Å². The molecule has 10 heteroatoms. The van der Waals surface area contributed by atoms with E-state index in [2.05, 4.69) is 25.1 Å². The highest BCUT2D eigenvalue weighted by Gasteiger charge is 2.26. The van der Waals surface area contributed by atoms with Crippen molar-refractivity contribution in [2.45, 2.75) is 13.5 Å². The molecule has 4 rings (SSSR count). The number of piperazine rings is 1. The lowest BCUT2D eigenvalue weighted by Crippen LogP contribution is -2.52. The lowest BCUT2D eigenvalue weighted by molar-refractivity contribution is 0.0526. The number of esters is 1. The van der Waals surface area contributed by atoms with Gasteiger partial charge >= 0.3 is 5.97 Å². The Morgan fingerprint density at radius 2 is 1.86 bits per heavy atom. The Morgan fingerprint density at radius 3 is 2.51 bits per heavy atom. The van der Waals surface area contributed by atoms with Gasteiger partial charge in [-0.2, -0.15) is 0 Å². The number of benzene rings is 1. The van der Waals surface area contributed by atoms with Gasteiger partial charge in [0.05, 0.1) is 32.0 Å². The maximum Gasteiger partial charge on any atom is 0.341 e. The molecular formula is C25H29N5O4S. The summed E-state index contributed by atoms with van der Waals surface area (Å²) < 4.78 is 16.3. The van der Waals surface area contributed by atoms with Crippen molar-refractivity contribution >= 4 is 39.9 Å². The summed E-state index contributed by atoms with van der Waals surface area (Å²) in [5.74, 6) is 0.753. The predicted octanol–water partition coefficient (Wildman–Crippen LogP) is 3.02. The summed E-state index contributed by atoms with van der Waals surface area (Å²) in [6.45, 7) is 5.46. The minimum absolute atomic E-state index is 0.285. The number of ether oxygens (including phenoxy) is 3. The number of methoxy groups -OCH3 is 2. The van der Waals surface area contributed by atoms with Crippen molar-refractivity contribution in [3.8, 4) is 11.5 Å². The van der Waals surface area contributed by atoms with Crippen LogP contribution in [0.15, 0.2) is 42.9 Å². The van der Waals surface area contributed by atoms with Crippen LogP contribution in [0.25, 0.3) is 10.9 Å². The van der Waals surface area contributed by atoms with Crippen LogP contribution < -0.4 is 19.7 Å². The van der Waals surface area contributed by atoms with Gasteiger partial charge in [-0.3, -0.25) is 9.97 Å². The zero-order chi connectivity index (χ0) is 24.8. The number of fused-ring (bicyclic) bond motifs is 1. The maximum absolute atomic E-state index is 12.8. The van der Waals surface area contributed by atoms with Crippen LogP contribution in [0.2, 0.25) is 0 Å². The first-order valence-corrected chi connectivity index (χ1v) is 11.8. The van der Waals surface area contributed by atoms with E-state index in [1.807, 2.05) is 30.5 Å². The topological polar surface area (TPSA) is 89.1 Å². The molecular weight excluding hydrogens is 466 g/mol. The third-order valence-electron chi connectivity index (χ3n) is 5.89. The number of aromatic nitrogens is 2. The second kappa shape index (κ2) is 11.2. The van der Waals surface area contributed by atoms with Crippen LogP contribution >= 0.6 is 12.2 Å².